The van der Waals surface area contributed by atoms with Crippen LogP contribution in [-0.4, -0.2) is 40.5 Å². The predicted molar refractivity (Wildman–Crippen MR) is 73.7 cm³/mol. The Bertz CT molecular complexity index is 330. The molecule has 1 unspecified atom stereocenters. The molecule has 1 fully saturated rings. The summed E-state index contributed by atoms with van der Waals surface area (Å²) in [6.45, 7) is 4.68. The van der Waals surface area contributed by atoms with Gasteiger partial charge in [0.1, 0.15) is 0 Å². The smallest absolute Gasteiger partial charge is 0.0941 e. The molecule has 0 saturated carbocycles. The molecule has 2 rings (SSSR count). The highest BCUT2D eigenvalue weighted by Crippen LogP contribution is 2.17. The summed E-state index contributed by atoms with van der Waals surface area (Å²) in [6.07, 6.45) is 1.07. The SMILES string of the molecule is CC1CSCCN1CCc1nc(CCl)cs1. The number of thioether (sulfide) groups is 1. The lowest BCUT2D eigenvalue weighted by atomic mass is 10.3. The molecule has 0 N–H and O–H groups in total. The molecule has 0 aromatic carbocycles. The molecule has 5 heteroatoms. The van der Waals surface area contributed by atoms with E-state index in [4.69, 9.17) is 11.6 Å². The third-order valence-corrected chi connectivity index (χ3v) is 5.27. The Hall–Kier alpha value is 0.230. The van der Waals surface area contributed by atoms with Crippen LogP contribution < -0.4 is 0 Å². The van der Waals surface area contributed by atoms with E-state index in [-0.39, 0.29) is 0 Å². The minimum Gasteiger partial charge on any atom is -0.299 e. The van der Waals surface area contributed by atoms with Crippen LogP contribution >= 0.6 is 34.7 Å². The molecule has 0 bridgehead atoms. The van der Waals surface area contributed by atoms with Crippen molar-refractivity contribution < 1.29 is 0 Å². The summed E-state index contributed by atoms with van der Waals surface area (Å²) in [4.78, 5) is 7.06. The van der Waals surface area contributed by atoms with Gasteiger partial charge < -0.3 is 0 Å². The van der Waals surface area contributed by atoms with Gasteiger partial charge in [-0.05, 0) is 6.92 Å². The highest BCUT2D eigenvalue weighted by molar-refractivity contribution is 7.99. The molecule has 1 aliphatic heterocycles. The molecule has 0 spiro atoms. The number of aromatic nitrogens is 1. The van der Waals surface area contributed by atoms with Gasteiger partial charge in [0.2, 0.25) is 0 Å². The molecule has 90 valence electrons. The first-order valence-corrected chi connectivity index (χ1v) is 8.17. The van der Waals surface area contributed by atoms with Crippen LogP contribution in [0, 0.1) is 0 Å². The molecule has 2 nitrogen and oxygen atoms in total. The average molecular weight is 277 g/mol. The lowest BCUT2D eigenvalue weighted by Crippen LogP contribution is -2.41. The van der Waals surface area contributed by atoms with Crippen LogP contribution in [0.4, 0.5) is 0 Å². The molecule has 16 heavy (non-hydrogen) atoms. The van der Waals surface area contributed by atoms with Crippen molar-refractivity contribution in [2.24, 2.45) is 0 Å². The number of halogens is 1. The minimum atomic E-state index is 0.535. The summed E-state index contributed by atoms with van der Waals surface area (Å²) in [6, 6.07) is 0.714. The van der Waals surface area contributed by atoms with Gasteiger partial charge in [-0.3, -0.25) is 4.90 Å². The van der Waals surface area contributed by atoms with Crippen molar-refractivity contribution in [3.05, 3.63) is 16.1 Å². The van der Waals surface area contributed by atoms with E-state index in [2.05, 4.69) is 33.9 Å². The quantitative estimate of drug-likeness (QED) is 0.787. The van der Waals surface area contributed by atoms with Gasteiger partial charge in [-0.25, -0.2) is 4.98 Å². The van der Waals surface area contributed by atoms with Crippen LogP contribution in [-0.2, 0) is 12.3 Å². The summed E-state index contributed by atoms with van der Waals surface area (Å²) in [7, 11) is 0. The van der Waals surface area contributed by atoms with Crippen LogP contribution in [0.3, 0.4) is 0 Å². The van der Waals surface area contributed by atoms with Crippen LogP contribution in [0.5, 0.6) is 0 Å². The molecule has 0 radical (unpaired) electrons. The predicted octanol–water partition coefficient (Wildman–Crippen LogP) is 2.86. The molecule has 0 aliphatic carbocycles. The second kappa shape index (κ2) is 6.24. The Balaban J connectivity index is 1.81. The van der Waals surface area contributed by atoms with E-state index in [1.807, 2.05) is 0 Å². The maximum absolute atomic E-state index is 5.74. The van der Waals surface area contributed by atoms with Crippen LogP contribution in [0.1, 0.15) is 17.6 Å². The third-order valence-electron chi connectivity index (χ3n) is 2.85. The zero-order valence-electron chi connectivity index (χ0n) is 9.49. The van der Waals surface area contributed by atoms with Crippen molar-refractivity contribution in [1.82, 2.24) is 9.88 Å². The molecule has 2 heterocycles. The maximum Gasteiger partial charge on any atom is 0.0941 e. The van der Waals surface area contributed by atoms with Crippen LogP contribution in [0.15, 0.2) is 5.38 Å². The fourth-order valence-corrected chi connectivity index (χ4v) is 3.96. The fourth-order valence-electron chi connectivity index (χ4n) is 1.86. The normalized spacial score (nSPS) is 22.5. The monoisotopic (exact) mass is 276 g/mol. The molecule has 1 atom stereocenters. The zero-order valence-corrected chi connectivity index (χ0v) is 11.9. The van der Waals surface area contributed by atoms with Gasteiger partial charge in [-0.1, -0.05) is 0 Å². The van der Waals surface area contributed by atoms with Crippen molar-refractivity contribution in [3.63, 3.8) is 0 Å². The van der Waals surface area contributed by atoms with Crippen LogP contribution in [0.2, 0.25) is 0 Å². The lowest BCUT2D eigenvalue weighted by molar-refractivity contribution is 0.235. The molecule has 0 amide bonds. The van der Waals surface area contributed by atoms with Gasteiger partial charge in [0, 0.05) is 42.4 Å². The third kappa shape index (κ3) is 3.36. The number of nitrogens with zero attached hydrogens (tertiary/aromatic N) is 2. The molecular formula is C11H17ClN2S2. The molecule has 1 saturated heterocycles. The summed E-state index contributed by atoms with van der Waals surface area (Å²) in [5.41, 5.74) is 1.02. The Kier molecular flexibility index (Phi) is 4.95. The first-order valence-electron chi connectivity index (χ1n) is 5.60. The van der Waals surface area contributed by atoms with Gasteiger partial charge in [0.15, 0.2) is 0 Å². The highest BCUT2D eigenvalue weighted by atomic mass is 35.5. The van der Waals surface area contributed by atoms with Crippen molar-refractivity contribution in [3.8, 4) is 0 Å². The molecular weight excluding hydrogens is 260 g/mol. The second-order valence-electron chi connectivity index (χ2n) is 4.08. The number of thiazole rings is 1. The minimum absolute atomic E-state index is 0.535. The van der Waals surface area contributed by atoms with Gasteiger partial charge >= 0.3 is 0 Å². The summed E-state index contributed by atoms with van der Waals surface area (Å²) in [5, 5.41) is 3.29. The summed E-state index contributed by atoms with van der Waals surface area (Å²) in [5.74, 6) is 3.08. The topological polar surface area (TPSA) is 16.1 Å². The zero-order chi connectivity index (χ0) is 11.4. The Labute approximate surface area is 110 Å². The Morgan fingerprint density at radius 3 is 3.19 bits per heavy atom. The van der Waals surface area contributed by atoms with E-state index in [9.17, 15) is 0 Å². The summed E-state index contributed by atoms with van der Waals surface area (Å²) >= 11 is 9.54. The molecule has 1 aromatic heterocycles. The largest absolute Gasteiger partial charge is 0.299 e. The van der Waals surface area contributed by atoms with E-state index in [0.29, 0.717) is 11.9 Å². The van der Waals surface area contributed by atoms with Gasteiger partial charge in [-0.2, -0.15) is 11.8 Å². The highest BCUT2D eigenvalue weighted by Gasteiger charge is 2.18. The Morgan fingerprint density at radius 1 is 1.62 bits per heavy atom. The first kappa shape index (κ1) is 12.7. The summed E-state index contributed by atoms with van der Waals surface area (Å²) < 4.78 is 0. The van der Waals surface area contributed by atoms with E-state index in [1.54, 1.807) is 11.3 Å². The molecule has 1 aromatic rings. The van der Waals surface area contributed by atoms with Gasteiger partial charge in [0.25, 0.3) is 0 Å². The van der Waals surface area contributed by atoms with Crippen molar-refractivity contribution in [2.75, 3.05) is 24.6 Å². The number of alkyl halides is 1. The van der Waals surface area contributed by atoms with Crippen molar-refractivity contribution >= 4 is 34.7 Å². The van der Waals surface area contributed by atoms with E-state index in [0.717, 1.165) is 18.7 Å². The van der Waals surface area contributed by atoms with Gasteiger partial charge in [0.05, 0.1) is 16.6 Å². The number of rotatable bonds is 4. The lowest BCUT2D eigenvalue weighted by Gasteiger charge is -2.32. The maximum atomic E-state index is 5.74. The number of hydrogen-bond acceptors (Lipinski definition) is 4. The van der Waals surface area contributed by atoms with Gasteiger partial charge in [-0.15, -0.1) is 22.9 Å². The van der Waals surface area contributed by atoms with Crippen molar-refractivity contribution in [1.29, 1.82) is 0 Å². The average Bonchev–Trinajstić information content (AvgIpc) is 2.76. The number of hydrogen-bond donors (Lipinski definition) is 0. The standard InChI is InChI=1S/C11H17ClN2S2/c1-9-7-15-5-4-14(9)3-2-11-13-10(6-12)8-16-11/h8-9H,2-7H2,1H3. The second-order valence-corrected chi connectivity index (χ2v) is 6.44. The van der Waals surface area contributed by atoms with Crippen molar-refractivity contribution in [2.45, 2.75) is 25.3 Å². The van der Waals surface area contributed by atoms with Crippen LogP contribution in [0.25, 0.3) is 0 Å². The fraction of sp³-hybridized carbons (Fsp3) is 0.727. The van der Waals surface area contributed by atoms with E-state index in [1.165, 1.54) is 23.1 Å². The molecule has 1 aliphatic rings. The Morgan fingerprint density at radius 2 is 2.50 bits per heavy atom. The first-order chi connectivity index (χ1) is 7.79. The van der Waals surface area contributed by atoms with E-state index >= 15 is 0 Å². The van der Waals surface area contributed by atoms with E-state index < -0.39 is 0 Å².